The zero-order chi connectivity index (χ0) is 15.9. The molecule has 2 heterocycles. The minimum atomic E-state index is -0.0335. The van der Waals surface area contributed by atoms with Crippen molar-refractivity contribution in [3.8, 4) is 5.88 Å². The molecule has 0 aromatic carbocycles. The van der Waals surface area contributed by atoms with Crippen LogP contribution in [0.3, 0.4) is 0 Å². The Bertz CT molecular complexity index is 498. The molecule has 0 saturated carbocycles. The zero-order valence-corrected chi connectivity index (χ0v) is 13.9. The molecule has 0 spiro atoms. The molecule has 6 heteroatoms. The molecule has 1 aliphatic heterocycles. The molecule has 1 aromatic heterocycles. The molecule has 0 aliphatic carbocycles. The standard InChI is InChI=1S/C16H23ClN2O3/c1-3-6-19(7-4-2)16(20)12-9-14(17)15(18-10-12)22-13-5-8-21-11-13/h9-10,13H,3-8,11H2,1-2H3. The number of aromatic nitrogens is 1. The first-order valence-electron chi connectivity index (χ1n) is 7.84. The molecule has 1 unspecified atom stereocenters. The number of amides is 1. The second-order valence-corrected chi connectivity index (χ2v) is 5.81. The van der Waals surface area contributed by atoms with Gasteiger partial charge in [-0.2, -0.15) is 0 Å². The predicted molar refractivity (Wildman–Crippen MR) is 85.6 cm³/mol. The van der Waals surface area contributed by atoms with E-state index in [4.69, 9.17) is 21.1 Å². The van der Waals surface area contributed by atoms with E-state index >= 15 is 0 Å². The topological polar surface area (TPSA) is 51.7 Å². The van der Waals surface area contributed by atoms with Gasteiger partial charge in [0, 0.05) is 25.7 Å². The largest absolute Gasteiger partial charge is 0.471 e. The number of rotatable bonds is 7. The molecule has 22 heavy (non-hydrogen) atoms. The van der Waals surface area contributed by atoms with E-state index in [1.165, 1.54) is 6.20 Å². The van der Waals surface area contributed by atoms with Gasteiger partial charge in [-0.25, -0.2) is 4.98 Å². The van der Waals surface area contributed by atoms with Gasteiger partial charge < -0.3 is 14.4 Å². The summed E-state index contributed by atoms with van der Waals surface area (Å²) in [6, 6.07) is 1.64. The summed E-state index contributed by atoms with van der Waals surface area (Å²) in [4.78, 5) is 18.5. The number of pyridine rings is 1. The summed E-state index contributed by atoms with van der Waals surface area (Å²) >= 11 is 6.21. The number of hydrogen-bond acceptors (Lipinski definition) is 4. The van der Waals surface area contributed by atoms with Crippen LogP contribution in [0.5, 0.6) is 5.88 Å². The van der Waals surface area contributed by atoms with Gasteiger partial charge in [-0.1, -0.05) is 25.4 Å². The molecule has 5 nitrogen and oxygen atoms in total. The van der Waals surface area contributed by atoms with Crippen LogP contribution in [0.25, 0.3) is 0 Å². The van der Waals surface area contributed by atoms with E-state index in [9.17, 15) is 4.79 Å². The van der Waals surface area contributed by atoms with Crippen molar-refractivity contribution in [3.63, 3.8) is 0 Å². The number of carbonyl (C=O) groups excluding carboxylic acids is 1. The second kappa shape index (κ2) is 8.34. The van der Waals surface area contributed by atoms with Gasteiger partial charge in [-0.3, -0.25) is 4.79 Å². The summed E-state index contributed by atoms with van der Waals surface area (Å²) in [5, 5.41) is 0.366. The van der Waals surface area contributed by atoms with E-state index in [-0.39, 0.29) is 12.0 Å². The van der Waals surface area contributed by atoms with Crippen molar-refractivity contribution in [2.24, 2.45) is 0 Å². The minimum absolute atomic E-state index is 0.0109. The average molecular weight is 327 g/mol. The third-order valence-corrected chi connectivity index (χ3v) is 3.77. The van der Waals surface area contributed by atoms with Crippen LogP contribution >= 0.6 is 11.6 Å². The van der Waals surface area contributed by atoms with E-state index in [0.717, 1.165) is 32.4 Å². The third-order valence-electron chi connectivity index (χ3n) is 3.49. The van der Waals surface area contributed by atoms with Crippen LogP contribution in [0.4, 0.5) is 0 Å². The molecule has 0 radical (unpaired) electrons. The first-order chi connectivity index (χ1) is 10.7. The van der Waals surface area contributed by atoms with Crippen LogP contribution in [0.2, 0.25) is 5.02 Å². The molecule has 0 N–H and O–H groups in total. The summed E-state index contributed by atoms with van der Waals surface area (Å²) in [5.74, 6) is 0.333. The van der Waals surface area contributed by atoms with E-state index in [0.29, 0.717) is 29.7 Å². The Balaban J connectivity index is 2.08. The van der Waals surface area contributed by atoms with Crippen LogP contribution in [0, 0.1) is 0 Å². The molecule has 2 rings (SSSR count). The highest BCUT2D eigenvalue weighted by Gasteiger charge is 2.21. The highest BCUT2D eigenvalue weighted by atomic mass is 35.5. The summed E-state index contributed by atoms with van der Waals surface area (Å²) in [6.45, 7) is 6.84. The number of ether oxygens (including phenoxy) is 2. The summed E-state index contributed by atoms with van der Waals surface area (Å²) < 4.78 is 11.0. The lowest BCUT2D eigenvalue weighted by atomic mass is 10.2. The molecule has 1 fully saturated rings. The Kier molecular flexibility index (Phi) is 6.46. The second-order valence-electron chi connectivity index (χ2n) is 5.41. The summed E-state index contributed by atoms with van der Waals surface area (Å²) in [7, 11) is 0. The number of halogens is 1. The van der Waals surface area contributed by atoms with Crippen molar-refractivity contribution >= 4 is 17.5 Å². The van der Waals surface area contributed by atoms with Gasteiger partial charge in [-0.15, -0.1) is 0 Å². The van der Waals surface area contributed by atoms with Gasteiger partial charge in [0.2, 0.25) is 5.88 Å². The van der Waals surface area contributed by atoms with Crippen molar-refractivity contribution in [1.82, 2.24) is 9.88 Å². The van der Waals surface area contributed by atoms with E-state index < -0.39 is 0 Å². The molecule has 1 aliphatic rings. The van der Waals surface area contributed by atoms with E-state index in [1.807, 2.05) is 4.90 Å². The minimum Gasteiger partial charge on any atom is -0.471 e. The fraction of sp³-hybridized carbons (Fsp3) is 0.625. The first kappa shape index (κ1) is 17.0. The Labute approximate surface area is 136 Å². The first-order valence-corrected chi connectivity index (χ1v) is 8.22. The maximum absolute atomic E-state index is 12.5. The number of hydrogen-bond donors (Lipinski definition) is 0. The van der Waals surface area contributed by atoms with Crippen LogP contribution in [0.15, 0.2) is 12.3 Å². The van der Waals surface area contributed by atoms with Gasteiger partial charge in [0.15, 0.2) is 0 Å². The van der Waals surface area contributed by atoms with Crippen molar-refractivity contribution in [3.05, 3.63) is 22.8 Å². The average Bonchev–Trinajstić information content (AvgIpc) is 3.01. The molecule has 0 bridgehead atoms. The molecular weight excluding hydrogens is 304 g/mol. The SMILES string of the molecule is CCCN(CCC)C(=O)c1cnc(OC2CCOC2)c(Cl)c1. The molecule has 122 valence electrons. The molecule has 1 aromatic rings. The summed E-state index contributed by atoms with van der Waals surface area (Å²) in [5.41, 5.74) is 0.502. The van der Waals surface area contributed by atoms with E-state index in [1.54, 1.807) is 6.07 Å². The van der Waals surface area contributed by atoms with Crippen molar-refractivity contribution in [2.75, 3.05) is 26.3 Å². The fourth-order valence-corrected chi connectivity index (χ4v) is 2.64. The van der Waals surface area contributed by atoms with Crippen molar-refractivity contribution in [2.45, 2.75) is 39.2 Å². The van der Waals surface area contributed by atoms with Crippen LogP contribution < -0.4 is 4.74 Å². The van der Waals surface area contributed by atoms with E-state index in [2.05, 4.69) is 18.8 Å². The quantitative estimate of drug-likeness (QED) is 0.772. The van der Waals surface area contributed by atoms with Gasteiger partial charge in [0.05, 0.1) is 18.8 Å². The maximum Gasteiger partial charge on any atom is 0.255 e. The van der Waals surface area contributed by atoms with Crippen LogP contribution in [-0.2, 0) is 4.74 Å². The number of carbonyl (C=O) groups is 1. The monoisotopic (exact) mass is 326 g/mol. The van der Waals surface area contributed by atoms with Gasteiger partial charge in [0.25, 0.3) is 5.91 Å². The molecule has 1 atom stereocenters. The van der Waals surface area contributed by atoms with Gasteiger partial charge in [-0.05, 0) is 18.9 Å². The Morgan fingerprint density at radius 1 is 1.45 bits per heavy atom. The predicted octanol–water partition coefficient (Wildman–Crippen LogP) is 3.16. The van der Waals surface area contributed by atoms with Crippen molar-refractivity contribution < 1.29 is 14.3 Å². The maximum atomic E-state index is 12.5. The molecular formula is C16H23ClN2O3. The van der Waals surface area contributed by atoms with Crippen LogP contribution in [0.1, 0.15) is 43.5 Å². The Morgan fingerprint density at radius 3 is 2.73 bits per heavy atom. The molecule has 1 amide bonds. The van der Waals surface area contributed by atoms with Gasteiger partial charge >= 0.3 is 0 Å². The highest BCUT2D eigenvalue weighted by Crippen LogP contribution is 2.25. The number of nitrogens with zero attached hydrogens (tertiary/aromatic N) is 2. The molecule has 1 saturated heterocycles. The Hall–Kier alpha value is -1.33. The van der Waals surface area contributed by atoms with Crippen LogP contribution in [-0.4, -0.2) is 48.2 Å². The third kappa shape index (κ3) is 4.34. The summed E-state index contributed by atoms with van der Waals surface area (Å²) in [6.07, 6.45) is 4.21. The zero-order valence-electron chi connectivity index (χ0n) is 13.2. The highest BCUT2D eigenvalue weighted by molar-refractivity contribution is 6.32. The fourth-order valence-electron chi connectivity index (χ4n) is 2.43. The Morgan fingerprint density at radius 2 is 2.18 bits per heavy atom. The normalized spacial score (nSPS) is 17.5. The lowest BCUT2D eigenvalue weighted by Gasteiger charge is -2.21. The van der Waals surface area contributed by atoms with Crippen molar-refractivity contribution in [1.29, 1.82) is 0 Å². The lowest BCUT2D eigenvalue weighted by Crippen LogP contribution is -2.32. The smallest absolute Gasteiger partial charge is 0.255 e. The van der Waals surface area contributed by atoms with Gasteiger partial charge in [0.1, 0.15) is 11.1 Å². The lowest BCUT2D eigenvalue weighted by molar-refractivity contribution is 0.0755.